The maximum absolute atomic E-state index is 11.5. The first-order valence-corrected chi connectivity index (χ1v) is 7.39. The van der Waals surface area contributed by atoms with Crippen LogP contribution in [0.3, 0.4) is 0 Å². The molecule has 1 aliphatic heterocycles. The minimum absolute atomic E-state index is 0.144. The normalized spacial score (nSPS) is 20.0. The molecular weight excluding hydrogens is 274 g/mol. The third-order valence-corrected chi connectivity index (χ3v) is 3.06. The number of hydrogen-bond acceptors (Lipinski definition) is 5. The molecular formula is C14H27N3O4. The van der Waals surface area contributed by atoms with Crippen LogP contribution >= 0.6 is 0 Å². The Labute approximate surface area is 125 Å². The molecule has 0 aromatic rings. The maximum Gasteiger partial charge on any atom is 0.407 e. The number of hydrogen-bond donors (Lipinski definition) is 3. The van der Waals surface area contributed by atoms with Gasteiger partial charge < -0.3 is 25.8 Å². The number of carbonyl (C=O) groups excluding carboxylic acids is 2. The van der Waals surface area contributed by atoms with Gasteiger partial charge in [-0.1, -0.05) is 0 Å². The highest BCUT2D eigenvalue weighted by atomic mass is 16.6. The van der Waals surface area contributed by atoms with Crippen LogP contribution in [0.1, 0.15) is 40.0 Å². The predicted octanol–water partition coefficient (Wildman–Crippen LogP) is 0.524. The average molecular weight is 301 g/mol. The summed E-state index contributed by atoms with van der Waals surface area (Å²) in [6, 6.07) is -0.482. The predicted molar refractivity (Wildman–Crippen MR) is 78.8 cm³/mol. The van der Waals surface area contributed by atoms with Crippen LogP contribution in [0, 0.1) is 0 Å². The topological polar surface area (TPSA) is 103 Å². The first-order valence-electron chi connectivity index (χ1n) is 7.39. The quantitative estimate of drug-likeness (QED) is 0.636. The summed E-state index contributed by atoms with van der Waals surface area (Å²) in [5.41, 5.74) is 4.82. The van der Waals surface area contributed by atoms with Crippen LogP contribution in [0.25, 0.3) is 0 Å². The molecule has 21 heavy (non-hydrogen) atoms. The van der Waals surface area contributed by atoms with E-state index in [2.05, 4.69) is 10.6 Å². The zero-order valence-corrected chi connectivity index (χ0v) is 13.1. The van der Waals surface area contributed by atoms with E-state index in [0.717, 1.165) is 19.4 Å². The monoisotopic (exact) mass is 301 g/mol. The number of rotatable bonds is 7. The van der Waals surface area contributed by atoms with E-state index in [9.17, 15) is 9.59 Å². The van der Waals surface area contributed by atoms with E-state index in [1.807, 2.05) is 0 Å². The zero-order chi connectivity index (χ0) is 15.9. The number of alkyl carbamates (subject to hydrolysis) is 1. The van der Waals surface area contributed by atoms with Gasteiger partial charge in [0.1, 0.15) is 5.60 Å². The van der Waals surface area contributed by atoms with Crippen LogP contribution < -0.4 is 16.4 Å². The van der Waals surface area contributed by atoms with E-state index in [1.54, 1.807) is 20.8 Å². The molecule has 1 aliphatic rings. The average Bonchev–Trinajstić information content (AvgIpc) is 2.83. The lowest BCUT2D eigenvalue weighted by atomic mass is 10.1. The molecule has 0 aromatic carbocycles. The van der Waals surface area contributed by atoms with E-state index < -0.39 is 23.6 Å². The van der Waals surface area contributed by atoms with Crippen molar-refractivity contribution in [2.75, 3.05) is 19.7 Å². The van der Waals surface area contributed by atoms with Crippen LogP contribution in [-0.2, 0) is 14.3 Å². The van der Waals surface area contributed by atoms with Crippen LogP contribution in [-0.4, -0.2) is 49.4 Å². The van der Waals surface area contributed by atoms with Crippen molar-refractivity contribution < 1.29 is 19.1 Å². The minimum atomic E-state index is -0.536. The lowest BCUT2D eigenvalue weighted by Crippen LogP contribution is -2.46. The summed E-state index contributed by atoms with van der Waals surface area (Å²) in [4.78, 5) is 22.9. The van der Waals surface area contributed by atoms with Gasteiger partial charge in [-0.25, -0.2) is 4.79 Å². The molecule has 1 heterocycles. The van der Waals surface area contributed by atoms with Gasteiger partial charge in [-0.05, 0) is 40.0 Å². The second kappa shape index (κ2) is 8.19. The fourth-order valence-electron chi connectivity index (χ4n) is 2.06. The highest BCUT2D eigenvalue weighted by Gasteiger charge is 2.21. The van der Waals surface area contributed by atoms with Gasteiger partial charge in [-0.3, -0.25) is 4.79 Å². The molecule has 0 bridgehead atoms. The largest absolute Gasteiger partial charge is 0.444 e. The van der Waals surface area contributed by atoms with E-state index in [-0.39, 0.29) is 6.10 Å². The lowest BCUT2D eigenvalue weighted by Gasteiger charge is -2.21. The van der Waals surface area contributed by atoms with Crippen LogP contribution in [0.15, 0.2) is 0 Å². The highest BCUT2D eigenvalue weighted by Crippen LogP contribution is 2.11. The summed E-state index contributed by atoms with van der Waals surface area (Å²) < 4.78 is 10.6. The van der Waals surface area contributed by atoms with Crippen LogP contribution in [0.5, 0.6) is 0 Å². The van der Waals surface area contributed by atoms with E-state index in [1.165, 1.54) is 0 Å². The number of nitrogens with two attached hydrogens (primary N) is 1. The Morgan fingerprint density at radius 2 is 2.14 bits per heavy atom. The fourth-order valence-corrected chi connectivity index (χ4v) is 2.06. The molecule has 0 saturated carbocycles. The summed E-state index contributed by atoms with van der Waals surface area (Å²) >= 11 is 0. The van der Waals surface area contributed by atoms with Gasteiger partial charge in [0.2, 0.25) is 5.91 Å². The molecule has 1 rings (SSSR count). The Bertz CT molecular complexity index is 349. The molecule has 2 amide bonds. The number of nitrogens with one attached hydrogen (secondary N) is 2. The molecule has 1 fully saturated rings. The van der Waals surface area contributed by atoms with Crippen molar-refractivity contribution in [3.8, 4) is 0 Å². The van der Waals surface area contributed by atoms with Gasteiger partial charge in [0.25, 0.3) is 0 Å². The minimum Gasteiger partial charge on any atom is -0.444 e. The molecule has 1 saturated heterocycles. The Balaban J connectivity index is 2.24. The molecule has 0 aromatic heterocycles. The zero-order valence-electron chi connectivity index (χ0n) is 13.1. The summed E-state index contributed by atoms with van der Waals surface area (Å²) in [7, 11) is 0. The van der Waals surface area contributed by atoms with Crippen LogP contribution in [0.2, 0.25) is 0 Å². The van der Waals surface area contributed by atoms with E-state index >= 15 is 0 Å². The number of carbonyl (C=O) groups is 2. The second-order valence-corrected chi connectivity index (χ2v) is 6.22. The number of ether oxygens (including phenoxy) is 2. The summed E-state index contributed by atoms with van der Waals surface area (Å²) in [6.07, 6.45) is 2.11. The van der Waals surface area contributed by atoms with Gasteiger partial charge in [0, 0.05) is 19.7 Å². The van der Waals surface area contributed by atoms with Crippen LogP contribution in [0.4, 0.5) is 4.79 Å². The van der Waals surface area contributed by atoms with Crippen molar-refractivity contribution in [2.45, 2.75) is 57.8 Å². The van der Waals surface area contributed by atoms with Crippen molar-refractivity contribution in [1.29, 1.82) is 0 Å². The second-order valence-electron chi connectivity index (χ2n) is 6.22. The fraction of sp³-hybridized carbons (Fsp3) is 0.857. The van der Waals surface area contributed by atoms with Gasteiger partial charge >= 0.3 is 6.09 Å². The molecule has 4 N–H and O–H groups in total. The molecule has 2 atom stereocenters. The van der Waals surface area contributed by atoms with Crippen molar-refractivity contribution >= 4 is 12.0 Å². The molecule has 122 valence electrons. The third kappa shape index (κ3) is 7.87. The summed E-state index contributed by atoms with van der Waals surface area (Å²) in [6.45, 7) is 7.07. The molecule has 2 unspecified atom stereocenters. The lowest BCUT2D eigenvalue weighted by molar-refractivity contribution is -0.120. The Morgan fingerprint density at radius 3 is 2.67 bits per heavy atom. The van der Waals surface area contributed by atoms with E-state index in [0.29, 0.717) is 19.5 Å². The Hall–Kier alpha value is -1.34. The summed E-state index contributed by atoms with van der Waals surface area (Å²) in [5.74, 6) is -0.431. The Morgan fingerprint density at radius 1 is 1.43 bits per heavy atom. The molecule has 0 aliphatic carbocycles. The van der Waals surface area contributed by atoms with Crippen molar-refractivity contribution in [3.05, 3.63) is 0 Å². The molecule has 0 radical (unpaired) electrons. The third-order valence-electron chi connectivity index (χ3n) is 3.06. The molecule has 7 nitrogen and oxygen atoms in total. The number of primary amides is 1. The summed E-state index contributed by atoms with van der Waals surface area (Å²) in [5, 5.41) is 5.70. The van der Waals surface area contributed by atoms with Gasteiger partial charge in [-0.2, -0.15) is 0 Å². The smallest absolute Gasteiger partial charge is 0.407 e. The maximum atomic E-state index is 11.5. The molecule has 7 heteroatoms. The molecule has 0 spiro atoms. The Kier molecular flexibility index (Phi) is 6.91. The van der Waals surface area contributed by atoms with Gasteiger partial charge in [-0.15, -0.1) is 0 Å². The van der Waals surface area contributed by atoms with E-state index in [4.69, 9.17) is 15.2 Å². The van der Waals surface area contributed by atoms with Crippen molar-refractivity contribution in [1.82, 2.24) is 10.6 Å². The first kappa shape index (κ1) is 17.7. The highest BCUT2D eigenvalue weighted by molar-refractivity contribution is 5.79. The SMILES string of the molecule is CC(C)(C)OC(=O)NCCC(NCC1CCCO1)C(N)=O. The van der Waals surface area contributed by atoms with Crippen molar-refractivity contribution in [2.24, 2.45) is 5.73 Å². The first-order chi connectivity index (χ1) is 9.78. The standard InChI is InChI=1S/C14H27N3O4/c1-14(2,3)21-13(19)16-7-6-11(12(15)18)17-9-10-5-4-8-20-10/h10-11,17H,4-9H2,1-3H3,(H2,15,18)(H,16,19). The van der Waals surface area contributed by atoms with Gasteiger partial charge in [0.15, 0.2) is 0 Å². The van der Waals surface area contributed by atoms with Crippen molar-refractivity contribution in [3.63, 3.8) is 0 Å². The number of amides is 2. The van der Waals surface area contributed by atoms with Gasteiger partial charge in [0.05, 0.1) is 12.1 Å².